The summed E-state index contributed by atoms with van der Waals surface area (Å²) in [6, 6.07) is 0.712. The molecular formula is C11H21N. The van der Waals surface area contributed by atoms with Gasteiger partial charge in [-0.3, -0.25) is 0 Å². The zero-order valence-corrected chi connectivity index (χ0v) is 9.02. The van der Waals surface area contributed by atoms with E-state index < -0.39 is 0 Å². The van der Waals surface area contributed by atoms with Gasteiger partial charge in [-0.2, -0.15) is 0 Å². The van der Waals surface area contributed by atoms with Gasteiger partial charge in [0.25, 0.3) is 0 Å². The Morgan fingerprint density at radius 1 is 1.50 bits per heavy atom. The zero-order chi connectivity index (χ0) is 9.35. The maximum atomic E-state index is 2.51. The summed E-state index contributed by atoms with van der Waals surface area (Å²) in [7, 11) is 0. The fourth-order valence-corrected chi connectivity index (χ4v) is 1.72. The van der Waals surface area contributed by atoms with E-state index in [0.717, 1.165) is 0 Å². The Balaban J connectivity index is 2.57. The van der Waals surface area contributed by atoms with E-state index in [-0.39, 0.29) is 0 Å². The molecule has 12 heavy (non-hydrogen) atoms. The summed E-state index contributed by atoms with van der Waals surface area (Å²) < 4.78 is 0. The highest BCUT2D eigenvalue weighted by molar-refractivity contribution is 5.08. The molecule has 0 saturated heterocycles. The molecule has 1 atom stereocenters. The van der Waals surface area contributed by atoms with Crippen LogP contribution in [0.1, 0.15) is 41.0 Å². The highest BCUT2D eigenvalue weighted by Crippen LogP contribution is 2.26. The molecule has 0 aromatic heterocycles. The number of hydrogen-bond donors (Lipinski definition) is 0. The number of rotatable bonds is 1. The molecule has 0 aliphatic carbocycles. The SMILES string of the molecule is CC1=CCC(C)N1CC(C)(C)C. The molecule has 0 fully saturated rings. The molecule has 70 valence electrons. The summed E-state index contributed by atoms with van der Waals surface area (Å²) >= 11 is 0. The van der Waals surface area contributed by atoms with E-state index in [2.05, 4.69) is 45.6 Å². The van der Waals surface area contributed by atoms with Crippen molar-refractivity contribution in [2.75, 3.05) is 6.54 Å². The van der Waals surface area contributed by atoms with Crippen molar-refractivity contribution in [3.63, 3.8) is 0 Å². The molecule has 0 bridgehead atoms. The highest BCUT2D eigenvalue weighted by atomic mass is 15.2. The summed E-state index contributed by atoms with van der Waals surface area (Å²) in [5.41, 5.74) is 1.87. The number of hydrogen-bond acceptors (Lipinski definition) is 1. The molecule has 0 spiro atoms. The Morgan fingerprint density at radius 2 is 2.08 bits per heavy atom. The van der Waals surface area contributed by atoms with Crippen molar-refractivity contribution < 1.29 is 0 Å². The van der Waals surface area contributed by atoms with Crippen LogP contribution in [-0.4, -0.2) is 17.5 Å². The predicted molar refractivity (Wildman–Crippen MR) is 54.0 cm³/mol. The van der Waals surface area contributed by atoms with Gasteiger partial charge < -0.3 is 4.90 Å². The van der Waals surface area contributed by atoms with E-state index in [0.29, 0.717) is 11.5 Å². The standard InChI is InChI=1S/C11H21N/c1-9-6-7-10(2)12(9)8-11(3,4)5/h6,10H,7-8H2,1-5H3. The van der Waals surface area contributed by atoms with Crippen molar-refractivity contribution >= 4 is 0 Å². The van der Waals surface area contributed by atoms with Gasteiger partial charge in [-0.1, -0.05) is 26.8 Å². The first kappa shape index (κ1) is 9.63. The fraction of sp³-hybridized carbons (Fsp3) is 0.818. The second kappa shape index (κ2) is 3.12. The molecule has 1 aliphatic rings. The van der Waals surface area contributed by atoms with Crippen LogP contribution in [0.15, 0.2) is 11.8 Å². The van der Waals surface area contributed by atoms with Crippen LogP contribution in [0.2, 0.25) is 0 Å². The molecule has 1 rings (SSSR count). The van der Waals surface area contributed by atoms with Gasteiger partial charge in [0.2, 0.25) is 0 Å². The summed E-state index contributed by atoms with van der Waals surface area (Å²) in [5.74, 6) is 0. The van der Waals surface area contributed by atoms with Gasteiger partial charge in [-0.15, -0.1) is 0 Å². The molecule has 0 saturated carbocycles. The van der Waals surface area contributed by atoms with E-state index in [1.54, 1.807) is 0 Å². The van der Waals surface area contributed by atoms with Crippen LogP contribution >= 0.6 is 0 Å². The molecule has 0 N–H and O–H groups in total. The van der Waals surface area contributed by atoms with Gasteiger partial charge in [0.1, 0.15) is 0 Å². The monoisotopic (exact) mass is 167 g/mol. The zero-order valence-electron chi connectivity index (χ0n) is 9.02. The molecule has 1 heterocycles. The molecule has 1 unspecified atom stereocenters. The largest absolute Gasteiger partial charge is 0.372 e. The molecule has 1 aliphatic heterocycles. The van der Waals surface area contributed by atoms with E-state index in [1.807, 2.05) is 0 Å². The quantitative estimate of drug-likeness (QED) is 0.580. The Kier molecular flexibility index (Phi) is 2.50. The minimum absolute atomic E-state index is 0.410. The summed E-state index contributed by atoms with van der Waals surface area (Å²) in [5, 5.41) is 0. The third kappa shape index (κ3) is 2.26. The van der Waals surface area contributed by atoms with Crippen LogP contribution in [0.4, 0.5) is 0 Å². The van der Waals surface area contributed by atoms with Crippen molar-refractivity contribution in [1.29, 1.82) is 0 Å². The smallest absolute Gasteiger partial charge is 0.0293 e. The lowest BCUT2D eigenvalue weighted by Gasteiger charge is -2.33. The number of allylic oxidation sites excluding steroid dienone is 1. The third-order valence-corrected chi connectivity index (χ3v) is 2.38. The van der Waals surface area contributed by atoms with Crippen LogP contribution in [0.3, 0.4) is 0 Å². The van der Waals surface area contributed by atoms with Crippen LogP contribution in [0.5, 0.6) is 0 Å². The van der Waals surface area contributed by atoms with Crippen molar-refractivity contribution in [3.05, 3.63) is 11.8 Å². The Labute approximate surface area is 76.5 Å². The lowest BCUT2D eigenvalue weighted by Crippen LogP contribution is -2.34. The predicted octanol–water partition coefficient (Wildman–Crippen LogP) is 3.03. The maximum Gasteiger partial charge on any atom is 0.0293 e. The minimum atomic E-state index is 0.410. The first-order valence-corrected chi connectivity index (χ1v) is 4.83. The van der Waals surface area contributed by atoms with Gasteiger partial charge in [-0.25, -0.2) is 0 Å². The van der Waals surface area contributed by atoms with Crippen molar-refractivity contribution in [3.8, 4) is 0 Å². The van der Waals surface area contributed by atoms with Gasteiger partial charge in [0.15, 0.2) is 0 Å². The molecule has 1 heteroatoms. The Morgan fingerprint density at radius 3 is 2.42 bits per heavy atom. The molecule has 0 aromatic rings. The number of nitrogens with zero attached hydrogens (tertiary/aromatic N) is 1. The molecule has 0 radical (unpaired) electrons. The van der Waals surface area contributed by atoms with Crippen LogP contribution < -0.4 is 0 Å². The van der Waals surface area contributed by atoms with Gasteiger partial charge in [-0.05, 0) is 25.7 Å². The first-order valence-electron chi connectivity index (χ1n) is 4.83. The van der Waals surface area contributed by atoms with Crippen molar-refractivity contribution in [2.24, 2.45) is 5.41 Å². The lowest BCUT2D eigenvalue weighted by atomic mass is 9.95. The highest BCUT2D eigenvalue weighted by Gasteiger charge is 2.23. The van der Waals surface area contributed by atoms with Gasteiger partial charge in [0, 0.05) is 18.3 Å². The Bertz CT molecular complexity index is 186. The van der Waals surface area contributed by atoms with E-state index in [1.165, 1.54) is 18.7 Å². The minimum Gasteiger partial charge on any atom is -0.372 e. The molecule has 0 aromatic carbocycles. The van der Waals surface area contributed by atoms with Crippen molar-refractivity contribution in [1.82, 2.24) is 4.90 Å². The Hall–Kier alpha value is -0.460. The van der Waals surface area contributed by atoms with E-state index in [9.17, 15) is 0 Å². The van der Waals surface area contributed by atoms with Crippen LogP contribution in [0, 0.1) is 5.41 Å². The second-order valence-electron chi connectivity index (χ2n) is 5.12. The summed E-state index contributed by atoms with van der Waals surface area (Å²) in [4.78, 5) is 2.51. The topological polar surface area (TPSA) is 3.24 Å². The average molecular weight is 167 g/mol. The first-order chi connectivity index (χ1) is 5.40. The van der Waals surface area contributed by atoms with E-state index in [4.69, 9.17) is 0 Å². The van der Waals surface area contributed by atoms with Gasteiger partial charge >= 0.3 is 0 Å². The molecule has 0 amide bonds. The van der Waals surface area contributed by atoms with Crippen LogP contribution in [0.25, 0.3) is 0 Å². The normalized spacial score (nSPS) is 24.6. The van der Waals surface area contributed by atoms with Gasteiger partial charge in [0.05, 0.1) is 0 Å². The fourth-order valence-electron chi connectivity index (χ4n) is 1.72. The average Bonchev–Trinajstić information content (AvgIpc) is 2.16. The maximum absolute atomic E-state index is 2.51. The summed E-state index contributed by atoms with van der Waals surface area (Å²) in [6.07, 6.45) is 3.57. The van der Waals surface area contributed by atoms with Crippen LogP contribution in [-0.2, 0) is 0 Å². The lowest BCUT2D eigenvalue weighted by molar-refractivity contribution is 0.206. The molecule has 1 nitrogen and oxygen atoms in total. The molecular weight excluding hydrogens is 146 g/mol. The summed E-state index contributed by atoms with van der Waals surface area (Å²) in [6.45, 7) is 12.6. The van der Waals surface area contributed by atoms with Crippen molar-refractivity contribution in [2.45, 2.75) is 47.1 Å². The van der Waals surface area contributed by atoms with E-state index >= 15 is 0 Å². The second-order valence-corrected chi connectivity index (χ2v) is 5.12. The third-order valence-electron chi connectivity index (χ3n) is 2.38.